The number of likely N-dealkylation sites (N-methyl/N-ethyl adjacent to an activating group) is 1. The van der Waals surface area contributed by atoms with Crippen LogP contribution >= 0.6 is 0 Å². The molecule has 0 bridgehead atoms. The maximum Gasteiger partial charge on any atom is 0.241 e. The van der Waals surface area contributed by atoms with Gasteiger partial charge in [-0.05, 0) is 27.2 Å². The van der Waals surface area contributed by atoms with E-state index in [2.05, 4.69) is 5.32 Å². The van der Waals surface area contributed by atoms with Crippen LogP contribution in [-0.4, -0.2) is 47.6 Å². The molecule has 0 aromatic carbocycles. The van der Waals surface area contributed by atoms with Gasteiger partial charge < -0.3 is 15.3 Å². The summed E-state index contributed by atoms with van der Waals surface area (Å²) >= 11 is 0. The average molecular weight is 230 g/mol. The monoisotopic (exact) mass is 230 g/mol. The Morgan fingerprint density at radius 1 is 1.31 bits per heavy atom. The molecule has 0 aliphatic heterocycles. The zero-order chi connectivity index (χ0) is 12.6. The molecule has 5 nitrogen and oxygen atoms in total. The molecular weight excluding hydrogens is 208 g/mol. The zero-order valence-electron chi connectivity index (χ0n) is 10.3. The van der Waals surface area contributed by atoms with Gasteiger partial charge in [0.2, 0.25) is 11.8 Å². The molecule has 0 saturated carbocycles. The molecule has 2 N–H and O–H groups in total. The lowest BCUT2D eigenvalue weighted by Crippen LogP contribution is -2.40. The third-order valence-corrected chi connectivity index (χ3v) is 2.34. The van der Waals surface area contributed by atoms with Crippen LogP contribution in [0.1, 0.15) is 33.6 Å². The van der Waals surface area contributed by atoms with Crippen molar-refractivity contribution in [2.45, 2.75) is 39.7 Å². The number of amides is 2. The van der Waals surface area contributed by atoms with E-state index >= 15 is 0 Å². The summed E-state index contributed by atoms with van der Waals surface area (Å²) in [6.45, 7) is 6.78. The number of hydrogen-bond acceptors (Lipinski definition) is 3. The minimum absolute atomic E-state index is 0.0420. The maximum absolute atomic E-state index is 11.5. The van der Waals surface area contributed by atoms with E-state index in [1.165, 1.54) is 0 Å². The van der Waals surface area contributed by atoms with Gasteiger partial charge in [-0.1, -0.05) is 0 Å². The molecule has 0 aliphatic carbocycles. The van der Waals surface area contributed by atoms with Gasteiger partial charge in [-0.15, -0.1) is 0 Å². The summed E-state index contributed by atoms with van der Waals surface area (Å²) in [5, 5.41) is 11.5. The van der Waals surface area contributed by atoms with E-state index in [1.807, 2.05) is 13.8 Å². The molecule has 94 valence electrons. The normalized spacial score (nSPS) is 12.0. The van der Waals surface area contributed by atoms with Gasteiger partial charge in [0, 0.05) is 19.5 Å². The Labute approximate surface area is 96.8 Å². The van der Waals surface area contributed by atoms with Gasteiger partial charge in [0.1, 0.15) is 0 Å². The summed E-state index contributed by atoms with van der Waals surface area (Å²) in [5.41, 5.74) is 0. The van der Waals surface area contributed by atoms with Crippen LogP contribution in [0.2, 0.25) is 0 Å². The maximum atomic E-state index is 11.5. The van der Waals surface area contributed by atoms with Crippen molar-refractivity contribution in [1.29, 1.82) is 0 Å². The van der Waals surface area contributed by atoms with Crippen LogP contribution in [0.5, 0.6) is 0 Å². The largest absolute Gasteiger partial charge is 0.393 e. The molecule has 0 aromatic rings. The predicted molar refractivity (Wildman–Crippen MR) is 61.9 cm³/mol. The third kappa shape index (κ3) is 6.40. The van der Waals surface area contributed by atoms with Crippen LogP contribution in [-0.2, 0) is 9.59 Å². The second-order valence-corrected chi connectivity index (χ2v) is 3.73. The first-order valence-corrected chi connectivity index (χ1v) is 5.73. The summed E-state index contributed by atoms with van der Waals surface area (Å²) in [5.74, 6) is -0.267. The summed E-state index contributed by atoms with van der Waals surface area (Å²) in [6.07, 6.45) is 0.193. The average Bonchev–Trinajstić information content (AvgIpc) is 2.25. The Balaban J connectivity index is 3.78. The van der Waals surface area contributed by atoms with Gasteiger partial charge in [-0.2, -0.15) is 0 Å². The smallest absolute Gasteiger partial charge is 0.241 e. The lowest BCUT2D eigenvalue weighted by molar-refractivity contribution is -0.132. The summed E-state index contributed by atoms with van der Waals surface area (Å²) < 4.78 is 0. The summed E-state index contributed by atoms with van der Waals surface area (Å²) in [7, 11) is 0. The lowest BCUT2D eigenvalue weighted by Gasteiger charge is -2.18. The van der Waals surface area contributed by atoms with Crippen LogP contribution in [0.25, 0.3) is 0 Å². The van der Waals surface area contributed by atoms with Gasteiger partial charge in [0.15, 0.2) is 0 Å². The van der Waals surface area contributed by atoms with Crippen molar-refractivity contribution in [2.24, 2.45) is 0 Å². The second-order valence-electron chi connectivity index (χ2n) is 3.73. The molecule has 0 heterocycles. The van der Waals surface area contributed by atoms with E-state index in [4.69, 9.17) is 5.11 Å². The van der Waals surface area contributed by atoms with Crippen molar-refractivity contribution in [3.05, 3.63) is 0 Å². The fraction of sp³-hybridized carbons (Fsp3) is 0.818. The van der Waals surface area contributed by atoms with E-state index in [1.54, 1.807) is 11.8 Å². The van der Waals surface area contributed by atoms with E-state index in [0.717, 1.165) is 0 Å². The highest BCUT2D eigenvalue weighted by molar-refractivity contribution is 5.84. The molecule has 0 fully saturated rings. The highest BCUT2D eigenvalue weighted by atomic mass is 16.3. The number of nitrogens with zero attached hydrogens (tertiary/aromatic N) is 1. The number of carbonyl (C=O) groups is 2. The molecule has 1 unspecified atom stereocenters. The van der Waals surface area contributed by atoms with E-state index in [9.17, 15) is 9.59 Å². The number of carbonyl (C=O) groups excluding carboxylic acids is 2. The number of hydrogen-bond donors (Lipinski definition) is 2. The van der Waals surface area contributed by atoms with Crippen LogP contribution in [0.4, 0.5) is 0 Å². The van der Waals surface area contributed by atoms with Crippen molar-refractivity contribution in [3.8, 4) is 0 Å². The van der Waals surface area contributed by atoms with Crippen molar-refractivity contribution in [1.82, 2.24) is 10.2 Å². The number of rotatable bonds is 7. The van der Waals surface area contributed by atoms with Gasteiger partial charge in [0.05, 0.1) is 12.6 Å². The van der Waals surface area contributed by atoms with Crippen LogP contribution < -0.4 is 5.32 Å². The molecule has 0 spiro atoms. The van der Waals surface area contributed by atoms with Crippen LogP contribution in [0.15, 0.2) is 0 Å². The van der Waals surface area contributed by atoms with Gasteiger partial charge in [-0.25, -0.2) is 0 Å². The quantitative estimate of drug-likeness (QED) is 0.653. The van der Waals surface area contributed by atoms with E-state index in [0.29, 0.717) is 19.5 Å². The van der Waals surface area contributed by atoms with Crippen molar-refractivity contribution in [2.75, 3.05) is 19.6 Å². The van der Waals surface area contributed by atoms with E-state index in [-0.39, 0.29) is 24.8 Å². The zero-order valence-corrected chi connectivity index (χ0v) is 10.3. The molecule has 0 saturated heterocycles. The van der Waals surface area contributed by atoms with Crippen molar-refractivity contribution < 1.29 is 14.7 Å². The first kappa shape index (κ1) is 14.9. The molecule has 16 heavy (non-hydrogen) atoms. The van der Waals surface area contributed by atoms with Crippen molar-refractivity contribution >= 4 is 11.8 Å². The fourth-order valence-electron chi connectivity index (χ4n) is 1.29. The molecule has 0 radical (unpaired) electrons. The molecule has 2 amide bonds. The van der Waals surface area contributed by atoms with Crippen LogP contribution in [0, 0.1) is 0 Å². The first-order valence-electron chi connectivity index (χ1n) is 5.73. The topological polar surface area (TPSA) is 69.6 Å². The van der Waals surface area contributed by atoms with Crippen molar-refractivity contribution in [3.63, 3.8) is 0 Å². The fourth-order valence-corrected chi connectivity index (χ4v) is 1.29. The summed E-state index contributed by atoms with van der Waals surface area (Å²) in [6, 6.07) is 0. The Bertz CT molecular complexity index is 225. The Morgan fingerprint density at radius 2 is 1.88 bits per heavy atom. The molecule has 0 aliphatic rings. The molecule has 0 rings (SSSR count). The third-order valence-electron chi connectivity index (χ3n) is 2.34. The molecule has 1 atom stereocenters. The van der Waals surface area contributed by atoms with Crippen LogP contribution in [0.3, 0.4) is 0 Å². The highest BCUT2D eigenvalue weighted by Gasteiger charge is 2.11. The van der Waals surface area contributed by atoms with Gasteiger partial charge >= 0.3 is 0 Å². The molecular formula is C11H22N2O3. The predicted octanol–water partition coefficient (Wildman–Crippen LogP) is 0.132. The minimum atomic E-state index is -0.482. The number of aliphatic hydroxyl groups is 1. The molecule has 5 heteroatoms. The Kier molecular flexibility index (Phi) is 7.54. The minimum Gasteiger partial charge on any atom is -0.393 e. The lowest BCUT2D eigenvalue weighted by atomic mass is 10.2. The van der Waals surface area contributed by atoms with Gasteiger partial charge in [-0.3, -0.25) is 9.59 Å². The number of nitrogens with one attached hydrogen (secondary N) is 1. The Hall–Kier alpha value is -1.10. The number of aliphatic hydroxyl groups excluding tert-OH is 1. The Morgan fingerprint density at radius 3 is 2.31 bits per heavy atom. The van der Waals surface area contributed by atoms with E-state index < -0.39 is 6.10 Å². The SMILES string of the molecule is CCN(CC)C(=O)CNC(=O)CCC(C)O. The first-order chi connectivity index (χ1) is 7.51. The second kappa shape index (κ2) is 8.10. The molecule has 0 aromatic heterocycles. The highest BCUT2D eigenvalue weighted by Crippen LogP contribution is 1.95. The standard InChI is InChI=1S/C11H22N2O3/c1-4-13(5-2)11(16)8-12-10(15)7-6-9(3)14/h9,14H,4-8H2,1-3H3,(H,12,15). The summed E-state index contributed by atoms with van der Waals surface area (Å²) in [4.78, 5) is 24.4. The van der Waals surface area contributed by atoms with Gasteiger partial charge in [0.25, 0.3) is 0 Å².